The third kappa shape index (κ3) is 3.07. The van der Waals surface area contributed by atoms with Gasteiger partial charge in [-0.1, -0.05) is 6.07 Å². The van der Waals surface area contributed by atoms with Crippen LogP contribution in [0.1, 0.15) is 44.0 Å². The summed E-state index contributed by atoms with van der Waals surface area (Å²) in [4.78, 5) is 16.5. The molecule has 0 unspecified atom stereocenters. The van der Waals surface area contributed by atoms with E-state index in [9.17, 15) is 4.79 Å². The molecule has 0 bridgehead atoms. The van der Waals surface area contributed by atoms with Gasteiger partial charge in [0.1, 0.15) is 17.4 Å². The molecule has 3 nitrogen and oxygen atoms in total. The Morgan fingerprint density at radius 1 is 1.25 bits per heavy atom. The molecule has 1 aromatic heterocycles. The molecule has 2 rings (SSSR count). The van der Waals surface area contributed by atoms with Crippen LogP contribution < -0.4 is 4.74 Å². The van der Waals surface area contributed by atoms with Gasteiger partial charge in [-0.2, -0.15) is 0 Å². The maximum absolute atomic E-state index is 11.4. The number of carbonyl (C=O) groups excluding carboxylic acids is 1. The Balaban J connectivity index is 2.17. The van der Waals surface area contributed by atoms with Crippen molar-refractivity contribution in [3.05, 3.63) is 44.4 Å². The lowest BCUT2D eigenvalue weighted by molar-refractivity contribution is 0.102. The number of aromatic nitrogens is 1. The summed E-state index contributed by atoms with van der Waals surface area (Å²) >= 11 is 1.42. The first kappa shape index (κ1) is 14.7. The minimum absolute atomic E-state index is 0.0637. The molecule has 106 valence electrons. The van der Waals surface area contributed by atoms with Crippen molar-refractivity contribution in [2.24, 2.45) is 0 Å². The molecule has 0 aliphatic rings. The van der Waals surface area contributed by atoms with Crippen LogP contribution in [0.2, 0.25) is 0 Å². The first-order valence-corrected chi connectivity index (χ1v) is 7.38. The molecular weight excluding hydrogens is 270 g/mol. The van der Waals surface area contributed by atoms with Crippen LogP contribution in [0.25, 0.3) is 0 Å². The molecule has 20 heavy (non-hydrogen) atoms. The fourth-order valence-corrected chi connectivity index (χ4v) is 3.00. The molecule has 0 atom stereocenters. The van der Waals surface area contributed by atoms with E-state index in [2.05, 4.69) is 31.8 Å². The molecular formula is C16H19NO2S. The van der Waals surface area contributed by atoms with Gasteiger partial charge in [-0.25, -0.2) is 4.98 Å². The van der Waals surface area contributed by atoms with E-state index in [1.807, 2.05) is 13.0 Å². The van der Waals surface area contributed by atoms with E-state index in [4.69, 9.17) is 4.74 Å². The summed E-state index contributed by atoms with van der Waals surface area (Å²) < 4.78 is 5.87. The number of ether oxygens (including phenoxy) is 1. The van der Waals surface area contributed by atoms with Crippen LogP contribution in [-0.2, 0) is 6.61 Å². The fourth-order valence-electron chi connectivity index (χ4n) is 2.13. The first-order valence-electron chi connectivity index (χ1n) is 6.56. The number of carbonyl (C=O) groups is 1. The zero-order valence-electron chi connectivity index (χ0n) is 12.5. The molecule has 1 aromatic carbocycles. The van der Waals surface area contributed by atoms with E-state index < -0.39 is 0 Å². The van der Waals surface area contributed by atoms with E-state index in [-0.39, 0.29) is 5.78 Å². The number of aryl methyl sites for hydroxylation is 3. The molecule has 0 amide bonds. The summed E-state index contributed by atoms with van der Waals surface area (Å²) in [7, 11) is 0. The Bertz CT molecular complexity index is 659. The highest BCUT2D eigenvalue weighted by molar-refractivity contribution is 7.13. The predicted molar refractivity (Wildman–Crippen MR) is 81.8 cm³/mol. The normalized spacial score (nSPS) is 10.7. The van der Waals surface area contributed by atoms with Crippen molar-refractivity contribution in [3.63, 3.8) is 0 Å². The molecule has 0 aliphatic carbocycles. The fraction of sp³-hybridized carbons (Fsp3) is 0.375. The zero-order chi connectivity index (χ0) is 14.9. The van der Waals surface area contributed by atoms with Crippen LogP contribution in [0.4, 0.5) is 0 Å². The number of hydrogen-bond acceptors (Lipinski definition) is 4. The Hall–Kier alpha value is -1.68. The summed E-state index contributed by atoms with van der Waals surface area (Å²) in [5.74, 6) is 0.952. The number of nitrogens with zero attached hydrogens (tertiary/aromatic N) is 1. The lowest BCUT2D eigenvalue weighted by Crippen LogP contribution is -1.98. The molecule has 0 aliphatic heterocycles. The largest absolute Gasteiger partial charge is 0.486 e. The van der Waals surface area contributed by atoms with Crippen molar-refractivity contribution in [1.82, 2.24) is 4.98 Å². The van der Waals surface area contributed by atoms with E-state index >= 15 is 0 Å². The van der Waals surface area contributed by atoms with Gasteiger partial charge in [-0.05, 0) is 50.5 Å². The van der Waals surface area contributed by atoms with Gasteiger partial charge in [0.05, 0.1) is 10.6 Å². The van der Waals surface area contributed by atoms with Gasteiger partial charge in [0.15, 0.2) is 5.78 Å². The molecule has 0 radical (unpaired) electrons. The first-order chi connectivity index (χ1) is 9.38. The number of Topliss-reactive ketones (excluding diaryl/α,β-unsaturated/α-hetero) is 1. The summed E-state index contributed by atoms with van der Waals surface area (Å²) in [6.07, 6.45) is 0. The number of benzene rings is 1. The van der Waals surface area contributed by atoms with Gasteiger partial charge in [0.2, 0.25) is 0 Å². The second kappa shape index (κ2) is 5.75. The number of ketones is 1. The van der Waals surface area contributed by atoms with E-state index in [1.165, 1.54) is 22.5 Å². The Morgan fingerprint density at radius 3 is 2.55 bits per heavy atom. The van der Waals surface area contributed by atoms with Crippen molar-refractivity contribution in [1.29, 1.82) is 0 Å². The predicted octanol–water partition coefficient (Wildman–Crippen LogP) is 4.16. The minimum Gasteiger partial charge on any atom is -0.486 e. The molecule has 0 saturated heterocycles. The van der Waals surface area contributed by atoms with Crippen molar-refractivity contribution in [2.45, 2.75) is 41.2 Å². The summed E-state index contributed by atoms with van der Waals surface area (Å²) in [6.45, 7) is 10.0. The van der Waals surface area contributed by atoms with Crippen LogP contribution in [-0.4, -0.2) is 10.8 Å². The van der Waals surface area contributed by atoms with Crippen molar-refractivity contribution >= 4 is 17.1 Å². The van der Waals surface area contributed by atoms with Gasteiger partial charge in [-0.3, -0.25) is 4.79 Å². The summed E-state index contributed by atoms with van der Waals surface area (Å²) in [6, 6.07) is 4.18. The van der Waals surface area contributed by atoms with Crippen molar-refractivity contribution < 1.29 is 9.53 Å². The monoisotopic (exact) mass is 289 g/mol. The van der Waals surface area contributed by atoms with E-state index in [0.29, 0.717) is 6.61 Å². The quantitative estimate of drug-likeness (QED) is 0.793. The Kier molecular flexibility index (Phi) is 4.23. The molecule has 2 aromatic rings. The lowest BCUT2D eigenvalue weighted by Gasteiger charge is -2.11. The van der Waals surface area contributed by atoms with Gasteiger partial charge in [0, 0.05) is 6.92 Å². The van der Waals surface area contributed by atoms with Crippen LogP contribution >= 0.6 is 11.3 Å². The maximum Gasteiger partial charge on any atom is 0.171 e. The van der Waals surface area contributed by atoms with Crippen LogP contribution in [0.3, 0.4) is 0 Å². The van der Waals surface area contributed by atoms with Crippen molar-refractivity contribution in [3.8, 4) is 5.75 Å². The van der Waals surface area contributed by atoms with Gasteiger partial charge in [-0.15, -0.1) is 11.3 Å². The SMILES string of the molecule is CC(=O)c1sc(COc2cc(C)cc(C)c2C)nc1C. The number of thiazole rings is 1. The number of rotatable bonds is 4. The molecule has 1 heterocycles. The average molecular weight is 289 g/mol. The van der Waals surface area contributed by atoms with Gasteiger partial charge >= 0.3 is 0 Å². The Morgan fingerprint density at radius 2 is 1.95 bits per heavy atom. The zero-order valence-corrected chi connectivity index (χ0v) is 13.4. The number of hydrogen-bond donors (Lipinski definition) is 0. The minimum atomic E-state index is 0.0637. The smallest absolute Gasteiger partial charge is 0.171 e. The standard InChI is InChI=1S/C16H19NO2S/c1-9-6-10(2)11(3)14(7-9)19-8-15-17-12(4)16(20-15)13(5)18/h6-7H,8H2,1-5H3. The summed E-state index contributed by atoms with van der Waals surface area (Å²) in [5.41, 5.74) is 4.34. The average Bonchev–Trinajstić information content (AvgIpc) is 2.73. The second-order valence-electron chi connectivity index (χ2n) is 5.07. The van der Waals surface area contributed by atoms with Gasteiger partial charge in [0.25, 0.3) is 0 Å². The topological polar surface area (TPSA) is 39.2 Å². The van der Waals surface area contributed by atoms with E-state index in [0.717, 1.165) is 26.9 Å². The second-order valence-corrected chi connectivity index (χ2v) is 6.16. The highest BCUT2D eigenvalue weighted by Gasteiger charge is 2.12. The van der Waals surface area contributed by atoms with Crippen LogP contribution in [0.5, 0.6) is 5.75 Å². The molecule has 4 heteroatoms. The maximum atomic E-state index is 11.4. The van der Waals surface area contributed by atoms with E-state index in [1.54, 1.807) is 6.92 Å². The summed E-state index contributed by atoms with van der Waals surface area (Å²) in [5, 5.41) is 0.839. The molecule has 0 N–H and O–H groups in total. The Labute approximate surface area is 123 Å². The van der Waals surface area contributed by atoms with Crippen LogP contribution in [0, 0.1) is 27.7 Å². The van der Waals surface area contributed by atoms with Gasteiger partial charge < -0.3 is 4.74 Å². The lowest BCUT2D eigenvalue weighted by atomic mass is 10.1. The third-order valence-corrected chi connectivity index (χ3v) is 4.51. The third-order valence-electron chi connectivity index (χ3n) is 3.28. The molecule has 0 fully saturated rings. The molecule has 0 spiro atoms. The highest BCUT2D eigenvalue weighted by atomic mass is 32.1. The highest BCUT2D eigenvalue weighted by Crippen LogP contribution is 2.25. The van der Waals surface area contributed by atoms with Crippen molar-refractivity contribution in [2.75, 3.05) is 0 Å². The van der Waals surface area contributed by atoms with Crippen LogP contribution in [0.15, 0.2) is 12.1 Å². The molecule has 0 saturated carbocycles.